The van der Waals surface area contributed by atoms with Gasteiger partial charge in [0, 0.05) is 18.5 Å². The number of amides is 1. The molecule has 1 amide bonds. The summed E-state index contributed by atoms with van der Waals surface area (Å²) in [6, 6.07) is 7.54. The summed E-state index contributed by atoms with van der Waals surface area (Å²) in [5.74, 6) is 6.09. The zero-order valence-electron chi connectivity index (χ0n) is 10.2. The number of nitrogens with two attached hydrogens (primary N) is 1. The molecule has 0 radical (unpaired) electrons. The number of likely N-dealkylation sites (tertiary alicyclic amines) is 1. The lowest BCUT2D eigenvalue weighted by molar-refractivity contribution is -0.128. The molecule has 2 rings (SSSR count). The van der Waals surface area contributed by atoms with Crippen molar-refractivity contribution in [2.45, 2.75) is 12.8 Å². The molecule has 1 aromatic rings. The summed E-state index contributed by atoms with van der Waals surface area (Å²) in [6.07, 6.45) is 3.17. The maximum absolute atomic E-state index is 11.4. The molecule has 0 saturated carbocycles. The Kier molecular flexibility index (Phi) is 4.17. The summed E-state index contributed by atoms with van der Waals surface area (Å²) in [5, 5.41) is 3.49. The van der Waals surface area contributed by atoms with E-state index in [2.05, 4.69) is 5.10 Å². The number of carbonyl (C=O) groups excluding carboxylic acids is 1. The summed E-state index contributed by atoms with van der Waals surface area (Å²) in [5.41, 5.74) is 0.841. The Hall–Kier alpha value is -2.04. The van der Waals surface area contributed by atoms with Crippen LogP contribution in [0.15, 0.2) is 29.4 Å². The van der Waals surface area contributed by atoms with E-state index in [9.17, 15) is 4.79 Å². The van der Waals surface area contributed by atoms with Gasteiger partial charge in [0.25, 0.3) is 0 Å². The molecule has 1 aliphatic heterocycles. The first-order chi connectivity index (χ1) is 8.81. The van der Waals surface area contributed by atoms with Crippen molar-refractivity contribution in [3.63, 3.8) is 0 Å². The summed E-state index contributed by atoms with van der Waals surface area (Å²) < 4.78 is 5.66. The average Bonchev–Trinajstić information content (AvgIpc) is 2.78. The monoisotopic (exact) mass is 247 g/mol. The van der Waals surface area contributed by atoms with Crippen molar-refractivity contribution >= 4 is 12.1 Å². The van der Waals surface area contributed by atoms with Gasteiger partial charge in [-0.3, -0.25) is 4.79 Å². The molecule has 1 aliphatic rings. The first-order valence-electron chi connectivity index (χ1n) is 6.04. The van der Waals surface area contributed by atoms with Crippen LogP contribution in [0.25, 0.3) is 0 Å². The van der Waals surface area contributed by atoms with Crippen LogP contribution in [0.2, 0.25) is 0 Å². The molecule has 1 heterocycles. The zero-order chi connectivity index (χ0) is 12.8. The fraction of sp³-hybridized carbons (Fsp3) is 0.385. The van der Waals surface area contributed by atoms with E-state index in [-0.39, 0.29) is 5.91 Å². The summed E-state index contributed by atoms with van der Waals surface area (Å²) in [4.78, 5) is 13.3. The molecule has 0 atom stereocenters. The van der Waals surface area contributed by atoms with E-state index in [1.54, 1.807) is 6.21 Å². The maximum Gasteiger partial charge on any atom is 0.222 e. The normalized spacial score (nSPS) is 15.6. The van der Waals surface area contributed by atoms with Gasteiger partial charge in [0.05, 0.1) is 12.8 Å². The van der Waals surface area contributed by atoms with Gasteiger partial charge in [-0.2, -0.15) is 5.10 Å². The topological polar surface area (TPSA) is 67.9 Å². The molecule has 5 heteroatoms. The number of benzene rings is 1. The molecular weight excluding hydrogens is 230 g/mol. The van der Waals surface area contributed by atoms with Crippen LogP contribution in [0.1, 0.15) is 18.4 Å². The third-order valence-corrected chi connectivity index (χ3v) is 2.92. The van der Waals surface area contributed by atoms with Crippen LogP contribution in [-0.4, -0.2) is 36.7 Å². The van der Waals surface area contributed by atoms with Crippen LogP contribution in [0.5, 0.6) is 5.75 Å². The molecule has 1 saturated heterocycles. The summed E-state index contributed by atoms with van der Waals surface area (Å²) in [7, 11) is 0. The van der Waals surface area contributed by atoms with Gasteiger partial charge < -0.3 is 15.5 Å². The molecule has 0 aromatic heterocycles. The van der Waals surface area contributed by atoms with Crippen molar-refractivity contribution in [3.8, 4) is 5.75 Å². The molecule has 0 aliphatic carbocycles. The number of nitrogens with zero attached hydrogens (tertiary/aromatic N) is 2. The number of hydrogen-bond donors (Lipinski definition) is 1. The van der Waals surface area contributed by atoms with Gasteiger partial charge in [0.15, 0.2) is 0 Å². The highest BCUT2D eigenvalue weighted by atomic mass is 16.5. The lowest BCUT2D eigenvalue weighted by Gasteiger charge is -2.16. The van der Waals surface area contributed by atoms with Gasteiger partial charge >= 0.3 is 0 Å². The predicted octanol–water partition coefficient (Wildman–Crippen LogP) is 0.980. The van der Waals surface area contributed by atoms with Gasteiger partial charge in [-0.1, -0.05) is 12.1 Å². The van der Waals surface area contributed by atoms with E-state index in [1.807, 2.05) is 29.2 Å². The second-order valence-corrected chi connectivity index (χ2v) is 4.15. The molecule has 0 spiro atoms. The lowest BCUT2D eigenvalue weighted by atomic mass is 10.2. The quantitative estimate of drug-likeness (QED) is 0.479. The van der Waals surface area contributed by atoms with E-state index in [0.29, 0.717) is 19.6 Å². The third-order valence-electron chi connectivity index (χ3n) is 2.92. The standard InChI is InChI=1S/C13H17N3O2/c14-15-10-11-4-1-2-5-12(11)18-9-8-16-7-3-6-13(16)17/h1-2,4-5,10H,3,6-9,14H2. The van der Waals surface area contributed by atoms with E-state index >= 15 is 0 Å². The Balaban J connectivity index is 1.88. The van der Waals surface area contributed by atoms with Crippen LogP contribution in [0, 0.1) is 0 Å². The van der Waals surface area contributed by atoms with Crippen molar-refractivity contribution in [1.82, 2.24) is 4.90 Å². The van der Waals surface area contributed by atoms with E-state index in [1.165, 1.54) is 0 Å². The van der Waals surface area contributed by atoms with Crippen molar-refractivity contribution in [2.75, 3.05) is 19.7 Å². The maximum atomic E-state index is 11.4. The molecule has 96 valence electrons. The van der Waals surface area contributed by atoms with Gasteiger partial charge in [-0.15, -0.1) is 0 Å². The number of rotatable bonds is 5. The minimum absolute atomic E-state index is 0.218. The summed E-state index contributed by atoms with van der Waals surface area (Å²) in [6.45, 7) is 1.96. The number of hydrazone groups is 1. The second kappa shape index (κ2) is 6.05. The minimum Gasteiger partial charge on any atom is -0.491 e. The first-order valence-corrected chi connectivity index (χ1v) is 6.04. The van der Waals surface area contributed by atoms with Crippen LogP contribution in [-0.2, 0) is 4.79 Å². The van der Waals surface area contributed by atoms with E-state index in [4.69, 9.17) is 10.6 Å². The Morgan fingerprint density at radius 1 is 1.44 bits per heavy atom. The molecule has 5 nitrogen and oxygen atoms in total. The van der Waals surface area contributed by atoms with Gasteiger partial charge in [-0.25, -0.2) is 0 Å². The highest BCUT2D eigenvalue weighted by Gasteiger charge is 2.19. The van der Waals surface area contributed by atoms with E-state index < -0.39 is 0 Å². The van der Waals surface area contributed by atoms with Crippen molar-refractivity contribution < 1.29 is 9.53 Å². The zero-order valence-corrected chi connectivity index (χ0v) is 10.2. The Bertz CT molecular complexity index is 446. The Labute approximate surface area is 106 Å². The van der Waals surface area contributed by atoms with Gasteiger partial charge in [-0.05, 0) is 18.6 Å². The summed E-state index contributed by atoms with van der Waals surface area (Å²) >= 11 is 0. The van der Waals surface area contributed by atoms with Crippen LogP contribution in [0.4, 0.5) is 0 Å². The molecule has 0 unspecified atom stereocenters. The highest BCUT2D eigenvalue weighted by Crippen LogP contribution is 2.16. The Morgan fingerprint density at radius 2 is 2.28 bits per heavy atom. The Morgan fingerprint density at radius 3 is 3.00 bits per heavy atom. The molecular formula is C13H17N3O2. The van der Waals surface area contributed by atoms with Crippen molar-refractivity contribution in [2.24, 2.45) is 10.9 Å². The van der Waals surface area contributed by atoms with Crippen molar-refractivity contribution in [1.29, 1.82) is 0 Å². The van der Waals surface area contributed by atoms with E-state index in [0.717, 1.165) is 24.3 Å². The van der Waals surface area contributed by atoms with Crippen molar-refractivity contribution in [3.05, 3.63) is 29.8 Å². The second-order valence-electron chi connectivity index (χ2n) is 4.15. The number of hydrogen-bond acceptors (Lipinski definition) is 4. The smallest absolute Gasteiger partial charge is 0.222 e. The van der Waals surface area contributed by atoms with Crippen LogP contribution < -0.4 is 10.6 Å². The SMILES string of the molecule is NN=Cc1ccccc1OCCN1CCCC1=O. The van der Waals surface area contributed by atoms with Crippen LogP contribution in [0.3, 0.4) is 0 Å². The molecule has 0 bridgehead atoms. The number of ether oxygens (including phenoxy) is 1. The average molecular weight is 247 g/mol. The predicted molar refractivity (Wildman–Crippen MR) is 69.5 cm³/mol. The third kappa shape index (κ3) is 3.00. The number of para-hydroxylation sites is 1. The fourth-order valence-electron chi connectivity index (χ4n) is 2.01. The first kappa shape index (κ1) is 12.4. The van der Waals surface area contributed by atoms with Gasteiger partial charge in [0.1, 0.15) is 12.4 Å². The fourth-order valence-corrected chi connectivity index (χ4v) is 2.01. The molecule has 1 aromatic carbocycles. The highest BCUT2D eigenvalue weighted by molar-refractivity contribution is 5.83. The number of carbonyl (C=O) groups is 1. The minimum atomic E-state index is 0.218. The lowest BCUT2D eigenvalue weighted by Crippen LogP contribution is -2.29. The van der Waals surface area contributed by atoms with Gasteiger partial charge in [0.2, 0.25) is 5.91 Å². The van der Waals surface area contributed by atoms with Crippen LogP contribution >= 0.6 is 0 Å². The largest absolute Gasteiger partial charge is 0.491 e. The molecule has 2 N–H and O–H groups in total. The molecule has 1 fully saturated rings. The molecule has 18 heavy (non-hydrogen) atoms.